The third-order valence-corrected chi connectivity index (χ3v) is 18.1. The van der Waals surface area contributed by atoms with E-state index in [-0.39, 0.29) is 31.5 Å². The second kappa shape index (κ2) is 69.0. The van der Waals surface area contributed by atoms with Gasteiger partial charge in [0.1, 0.15) is 19.3 Å². The summed E-state index contributed by atoms with van der Waals surface area (Å²) in [5, 5.41) is 3.08. The molecule has 524 valence electrons. The van der Waals surface area contributed by atoms with Crippen molar-refractivity contribution in [1.29, 1.82) is 0 Å². The Labute approximate surface area is 558 Å². The number of hydrogen-bond acceptors (Lipinski definition) is 6. The van der Waals surface area contributed by atoms with Crippen LogP contribution < -0.4 is 5.32 Å². The number of hydrogen-bond donors (Lipinski definition) is 2. The number of likely N-dealkylation sites (N-methyl/N-ethyl adjacent to an activating group) is 1. The number of carbonyl (C=O) groups excluding carboxylic acids is 2. The van der Waals surface area contributed by atoms with Gasteiger partial charge in [-0.2, -0.15) is 0 Å². The van der Waals surface area contributed by atoms with Crippen molar-refractivity contribution in [3.63, 3.8) is 0 Å². The fourth-order valence-electron chi connectivity index (χ4n) is 11.2. The summed E-state index contributed by atoms with van der Waals surface area (Å²) < 4.78 is 30.9. The molecule has 0 aliphatic heterocycles. The lowest BCUT2D eigenvalue weighted by Gasteiger charge is -2.27. The first kappa shape index (κ1) is 87.2. The SMILES string of the molecule is CC/C=C\C/C=C\C/C=C\C/C=C\C/C=C\CCCCCCCCCCCC(=O)OC(/C=C/CCCCCCCCCCCC)C(COP(=O)(O)OCC[N+](C)(C)C)NC(=O)CCCCCCCCCCCCCCCCCCC/C=C/CCCCCCCC. The van der Waals surface area contributed by atoms with Gasteiger partial charge < -0.3 is 19.4 Å². The Balaban J connectivity index is 4.97. The average molecular weight is 1280 g/mol. The van der Waals surface area contributed by atoms with Gasteiger partial charge >= 0.3 is 13.8 Å². The molecule has 90 heavy (non-hydrogen) atoms. The van der Waals surface area contributed by atoms with Crippen LogP contribution in [-0.4, -0.2) is 74.3 Å². The number of quaternary nitrogens is 1. The van der Waals surface area contributed by atoms with Gasteiger partial charge in [-0.1, -0.05) is 331 Å². The summed E-state index contributed by atoms with van der Waals surface area (Å²) >= 11 is 0. The smallest absolute Gasteiger partial charge is 0.456 e. The van der Waals surface area contributed by atoms with Gasteiger partial charge in [-0.05, 0) is 102 Å². The van der Waals surface area contributed by atoms with Crippen molar-refractivity contribution in [2.24, 2.45) is 0 Å². The van der Waals surface area contributed by atoms with Crippen molar-refractivity contribution in [3.05, 3.63) is 85.1 Å². The highest BCUT2D eigenvalue weighted by molar-refractivity contribution is 7.47. The molecule has 0 rings (SSSR count). The molecule has 0 aromatic heterocycles. The lowest BCUT2D eigenvalue weighted by molar-refractivity contribution is -0.870. The number of ether oxygens (including phenoxy) is 1. The largest absolute Gasteiger partial charge is 0.472 e. The summed E-state index contributed by atoms with van der Waals surface area (Å²) in [4.78, 5) is 38.0. The molecule has 2 N–H and O–H groups in total. The number of nitrogens with one attached hydrogen (secondary N) is 1. The first-order valence-corrected chi connectivity index (χ1v) is 39.9. The van der Waals surface area contributed by atoms with E-state index in [1.165, 1.54) is 225 Å². The number of rotatable bonds is 70. The third kappa shape index (κ3) is 69.5. The number of carbonyl (C=O) groups is 2. The zero-order chi connectivity index (χ0) is 65.6. The Kier molecular flexibility index (Phi) is 66.9. The van der Waals surface area contributed by atoms with Crippen LogP contribution in [0.4, 0.5) is 0 Å². The minimum atomic E-state index is -4.46. The topological polar surface area (TPSA) is 111 Å². The van der Waals surface area contributed by atoms with Crippen LogP contribution in [0.2, 0.25) is 0 Å². The summed E-state index contributed by atoms with van der Waals surface area (Å²) in [6.45, 7) is 6.93. The second-order valence-corrected chi connectivity index (χ2v) is 28.6. The Morgan fingerprint density at radius 2 is 0.711 bits per heavy atom. The van der Waals surface area contributed by atoms with Crippen LogP contribution in [0.5, 0.6) is 0 Å². The van der Waals surface area contributed by atoms with Crippen LogP contribution in [0.25, 0.3) is 0 Å². The van der Waals surface area contributed by atoms with Crippen molar-refractivity contribution in [1.82, 2.24) is 5.32 Å². The summed E-state index contributed by atoms with van der Waals surface area (Å²) in [6.07, 6.45) is 93.3. The van der Waals surface area contributed by atoms with E-state index in [0.717, 1.165) is 103 Å². The van der Waals surface area contributed by atoms with Gasteiger partial charge in [0.25, 0.3) is 0 Å². The maximum absolute atomic E-state index is 13.7. The van der Waals surface area contributed by atoms with E-state index in [9.17, 15) is 19.0 Å². The molecule has 0 aliphatic rings. The van der Waals surface area contributed by atoms with E-state index in [1.807, 2.05) is 33.3 Å². The number of nitrogens with zero attached hydrogens (tertiary/aromatic N) is 1. The molecule has 0 saturated heterocycles. The van der Waals surface area contributed by atoms with E-state index >= 15 is 0 Å². The molecule has 1 amide bonds. The van der Waals surface area contributed by atoms with Crippen LogP contribution in [0, 0.1) is 0 Å². The van der Waals surface area contributed by atoms with Gasteiger partial charge in [-0.25, -0.2) is 4.57 Å². The van der Waals surface area contributed by atoms with Crippen LogP contribution in [0.3, 0.4) is 0 Å². The lowest BCUT2D eigenvalue weighted by atomic mass is 10.0. The van der Waals surface area contributed by atoms with Crippen LogP contribution in [0.15, 0.2) is 85.1 Å². The molecule has 3 unspecified atom stereocenters. The zero-order valence-electron chi connectivity index (χ0n) is 60.1. The number of unbranched alkanes of at least 4 members (excludes halogenated alkanes) is 42. The highest BCUT2D eigenvalue weighted by atomic mass is 31.2. The molecule has 0 saturated carbocycles. The van der Waals surface area contributed by atoms with E-state index in [2.05, 4.69) is 99.0 Å². The predicted molar refractivity (Wildman–Crippen MR) is 392 cm³/mol. The van der Waals surface area contributed by atoms with Crippen molar-refractivity contribution in [3.8, 4) is 0 Å². The number of amides is 1. The Hall–Kier alpha value is -2.81. The molecule has 10 heteroatoms. The summed E-state index contributed by atoms with van der Waals surface area (Å²) in [5.74, 6) is -0.500. The van der Waals surface area contributed by atoms with Gasteiger partial charge in [0.05, 0.1) is 33.8 Å². The fraction of sp³-hybridized carbons (Fsp3) is 0.800. The molecule has 0 heterocycles. The number of phosphoric acid groups is 1. The van der Waals surface area contributed by atoms with Crippen LogP contribution in [0.1, 0.15) is 361 Å². The minimum Gasteiger partial charge on any atom is -0.456 e. The summed E-state index contributed by atoms with van der Waals surface area (Å²) in [6, 6.07) is -0.855. The monoisotopic (exact) mass is 1280 g/mol. The second-order valence-electron chi connectivity index (χ2n) is 27.1. The standard InChI is InChI=1S/C80H147N2O7P/c1-7-10-13-16-19-22-25-28-30-32-34-36-38-40-41-43-44-46-48-50-52-54-57-60-63-66-69-72-79(83)81-77(76-88-90(85,86)87-75-74-82(4,5)6)78(71-68-65-62-59-56-27-24-21-18-15-12-9-3)89-80(84)73-70-67-64-61-58-55-53-51-49-47-45-42-39-37-35-33-31-29-26-23-20-17-14-11-8-2/h11,14,20,23,28-31,35,37,42,45,68,71,77-78H,7-10,12-13,15-19,21-22,24-27,32-34,36,38-41,43-44,46-67,69-70,72-76H2,1-6H3,(H-,81,83,85,86)/p+1/b14-11-,23-20-,30-28+,31-29-,37-35-,45-42-,71-68+. The molecule has 0 radical (unpaired) electrons. The van der Waals surface area contributed by atoms with Crippen molar-refractivity contribution in [2.45, 2.75) is 373 Å². The Morgan fingerprint density at radius 1 is 0.400 bits per heavy atom. The lowest BCUT2D eigenvalue weighted by Crippen LogP contribution is -2.47. The zero-order valence-corrected chi connectivity index (χ0v) is 61.0. The highest BCUT2D eigenvalue weighted by Crippen LogP contribution is 2.43. The quantitative estimate of drug-likeness (QED) is 0.0205. The van der Waals surface area contributed by atoms with Gasteiger partial charge in [-0.3, -0.25) is 18.6 Å². The molecule has 0 spiro atoms. The normalized spacial score (nSPS) is 13.9. The minimum absolute atomic E-state index is 0.0380. The van der Waals surface area contributed by atoms with E-state index in [0.29, 0.717) is 17.4 Å². The van der Waals surface area contributed by atoms with E-state index in [1.54, 1.807) is 0 Å². The Morgan fingerprint density at radius 3 is 1.08 bits per heavy atom. The van der Waals surface area contributed by atoms with Crippen LogP contribution in [-0.2, 0) is 27.9 Å². The van der Waals surface area contributed by atoms with E-state index < -0.39 is 20.0 Å². The third-order valence-electron chi connectivity index (χ3n) is 17.1. The maximum atomic E-state index is 13.7. The van der Waals surface area contributed by atoms with Gasteiger partial charge in [0, 0.05) is 12.8 Å². The number of esters is 1. The molecule has 0 bridgehead atoms. The molecule has 3 atom stereocenters. The van der Waals surface area contributed by atoms with Crippen molar-refractivity contribution >= 4 is 19.7 Å². The molecule has 9 nitrogen and oxygen atoms in total. The number of allylic oxidation sites excluding steroid dienone is 13. The van der Waals surface area contributed by atoms with Gasteiger partial charge in [0.2, 0.25) is 5.91 Å². The van der Waals surface area contributed by atoms with Crippen molar-refractivity contribution in [2.75, 3.05) is 40.9 Å². The molecule has 0 aliphatic carbocycles. The van der Waals surface area contributed by atoms with Crippen LogP contribution >= 0.6 is 7.82 Å². The predicted octanol–water partition coefficient (Wildman–Crippen LogP) is 24.9. The molecule has 0 aromatic carbocycles. The first-order chi connectivity index (χ1) is 43.9. The molecule has 0 fully saturated rings. The summed E-state index contributed by atoms with van der Waals surface area (Å²) in [7, 11) is 1.50. The molecular formula is C80H148N2O7P+. The van der Waals surface area contributed by atoms with Gasteiger partial charge in [-0.15, -0.1) is 0 Å². The maximum Gasteiger partial charge on any atom is 0.472 e. The molecule has 0 aromatic rings. The first-order valence-electron chi connectivity index (χ1n) is 38.4. The Bertz CT molecular complexity index is 1810. The van der Waals surface area contributed by atoms with Gasteiger partial charge in [0.15, 0.2) is 0 Å². The highest BCUT2D eigenvalue weighted by Gasteiger charge is 2.30. The fourth-order valence-corrected chi connectivity index (χ4v) is 11.9. The molecular weight excluding hydrogens is 1130 g/mol. The summed E-state index contributed by atoms with van der Waals surface area (Å²) in [5.41, 5.74) is 0. The average Bonchev–Trinajstić information content (AvgIpc) is 3.11. The van der Waals surface area contributed by atoms with Crippen molar-refractivity contribution < 1.29 is 37.3 Å². The van der Waals surface area contributed by atoms with E-state index in [4.69, 9.17) is 13.8 Å². The number of phosphoric ester groups is 1.